The van der Waals surface area contributed by atoms with Gasteiger partial charge in [0.2, 0.25) is 0 Å². The fraction of sp³-hybridized carbons (Fsp3) is 0.182. The van der Waals surface area contributed by atoms with Crippen molar-refractivity contribution in [2.45, 2.75) is 30.6 Å². The van der Waals surface area contributed by atoms with Gasteiger partial charge in [0.1, 0.15) is 5.75 Å². The Morgan fingerprint density at radius 1 is 0.708 bits per heavy atom. The minimum absolute atomic E-state index is 0.111. The third-order valence-corrected chi connectivity index (χ3v) is 4.94. The van der Waals surface area contributed by atoms with Crippen LogP contribution in [0.15, 0.2) is 77.7 Å². The molecule has 0 saturated carbocycles. The molecular formula is C22H22OS. The molecule has 3 aromatic rings. The fourth-order valence-electron chi connectivity index (χ4n) is 3.17. The molecule has 0 radical (unpaired) electrons. The molecule has 0 spiro atoms. The quantitative estimate of drug-likeness (QED) is 0.562. The van der Waals surface area contributed by atoms with Crippen molar-refractivity contribution in [1.82, 2.24) is 0 Å². The van der Waals surface area contributed by atoms with Crippen molar-refractivity contribution in [2.24, 2.45) is 0 Å². The molecule has 0 aliphatic carbocycles. The highest BCUT2D eigenvalue weighted by atomic mass is 32.1. The Labute approximate surface area is 149 Å². The maximum absolute atomic E-state index is 10.9. The molecule has 0 aromatic heterocycles. The number of phenolic OH excluding ortho intramolecular Hbond substituents is 1. The predicted octanol–water partition coefficient (Wildman–Crippen LogP) is 5.98. The molecule has 1 nitrogen and oxygen atoms in total. The summed E-state index contributed by atoms with van der Waals surface area (Å²) >= 11 is 4.57. The van der Waals surface area contributed by atoms with Crippen molar-refractivity contribution >= 4 is 12.6 Å². The molecule has 0 aliphatic heterocycles. The first-order valence-corrected chi connectivity index (χ1v) is 8.68. The maximum Gasteiger partial charge on any atom is 0.123 e. The van der Waals surface area contributed by atoms with Gasteiger partial charge < -0.3 is 5.11 Å². The van der Waals surface area contributed by atoms with Gasteiger partial charge in [-0.3, -0.25) is 0 Å². The Balaban J connectivity index is 2.05. The number of phenols is 1. The lowest BCUT2D eigenvalue weighted by molar-refractivity contribution is 0.456. The molecule has 3 rings (SSSR count). The van der Waals surface area contributed by atoms with Gasteiger partial charge in [-0.15, -0.1) is 12.6 Å². The zero-order valence-electron chi connectivity index (χ0n) is 14.0. The van der Waals surface area contributed by atoms with Crippen LogP contribution in [0.3, 0.4) is 0 Å². The number of benzene rings is 3. The van der Waals surface area contributed by atoms with Crippen molar-refractivity contribution in [3.8, 4) is 5.75 Å². The molecule has 2 heteroatoms. The van der Waals surface area contributed by atoms with Crippen LogP contribution >= 0.6 is 12.6 Å². The first-order valence-electron chi connectivity index (χ1n) is 8.23. The van der Waals surface area contributed by atoms with Crippen LogP contribution in [0.2, 0.25) is 0 Å². The standard InChI is InChI=1S/C22H22OS/c1-15(17-9-5-3-6-10-17)20-13-19(24)14-21(22(20)23)16(2)18-11-7-4-8-12-18/h3-16,23-24H,1-2H3. The molecule has 24 heavy (non-hydrogen) atoms. The SMILES string of the molecule is CC(c1ccccc1)c1cc(S)cc(C(C)c2ccccc2)c1O. The molecule has 1 N–H and O–H groups in total. The summed E-state index contributed by atoms with van der Waals surface area (Å²) in [5.41, 5.74) is 4.22. The van der Waals surface area contributed by atoms with Crippen LogP contribution in [0, 0.1) is 0 Å². The number of thiol groups is 1. The van der Waals surface area contributed by atoms with Gasteiger partial charge in [0.25, 0.3) is 0 Å². The van der Waals surface area contributed by atoms with E-state index < -0.39 is 0 Å². The third kappa shape index (κ3) is 3.34. The fourth-order valence-corrected chi connectivity index (χ4v) is 3.44. The smallest absolute Gasteiger partial charge is 0.123 e. The van der Waals surface area contributed by atoms with Gasteiger partial charge in [-0.2, -0.15) is 0 Å². The van der Waals surface area contributed by atoms with E-state index in [0.29, 0.717) is 5.75 Å². The van der Waals surface area contributed by atoms with E-state index in [1.165, 1.54) is 11.1 Å². The summed E-state index contributed by atoms with van der Waals surface area (Å²) in [5.74, 6) is 0.598. The second kappa shape index (κ2) is 7.14. The van der Waals surface area contributed by atoms with Gasteiger partial charge >= 0.3 is 0 Å². The monoisotopic (exact) mass is 334 g/mol. The van der Waals surface area contributed by atoms with Crippen LogP contribution in [0.4, 0.5) is 0 Å². The van der Waals surface area contributed by atoms with E-state index in [0.717, 1.165) is 16.0 Å². The number of rotatable bonds is 4. The van der Waals surface area contributed by atoms with Gasteiger partial charge in [0, 0.05) is 27.9 Å². The summed E-state index contributed by atoms with van der Waals surface area (Å²) in [5, 5.41) is 10.9. The van der Waals surface area contributed by atoms with Crippen LogP contribution in [-0.2, 0) is 0 Å². The minimum atomic E-state index is 0.111. The Morgan fingerprint density at radius 3 is 1.46 bits per heavy atom. The van der Waals surface area contributed by atoms with Crippen LogP contribution < -0.4 is 0 Å². The highest BCUT2D eigenvalue weighted by molar-refractivity contribution is 7.80. The topological polar surface area (TPSA) is 20.2 Å². The van der Waals surface area contributed by atoms with Gasteiger partial charge in [0.15, 0.2) is 0 Å². The second-order valence-electron chi connectivity index (χ2n) is 6.24. The van der Waals surface area contributed by atoms with Crippen molar-refractivity contribution in [3.63, 3.8) is 0 Å². The molecule has 0 saturated heterocycles. The summed E-state index contributed by atoms with van der Waals surface area (Å²) in [6.45, 7) is 4.24. The molecule has 122 valence electrons. The maximum atomic E-state index is 10.9. The molecule has 0 aliphatic rings. The van der Waals surface area contributed by atoms with Crippen LogP contribution in [0.25, 0.3) is 0 Å². The summed E-state index contributed by atoms with van der Waals surface area (Å²) in [7, 11) is 0. The lowest BCUT2D eigenvalue weighted by atomic mass is 9.86. The average molecular weight is 334 g/mol. The van der Waals surface area contributed by atoms with Crippen molar-refractivity contribution in [2.75, 3.05) is 0 Å². The molecule has 3 aromatic carbocycles. The number of aromatic hydroxyl groups is 1. The van der Waals surface area contributed by atoms with E-state index in [4.69, 9.17) is 0 Å². The van der Waals surface area contributed by atoms with Gasteiger partial charge in [-0.25, -0.2) is 0 Å². The summed E-state index contributed by atoms with van der Waals surface area (Å²) in [6, 6.07) is 24.4. The van der Waals surface area contributed by atoms with Crippen molar-refractivity contribution in [3.05, 3.63) is 95.1 Å². The Hall–Kier alpha value is -2.19. The largest absolute Gasteiger partial charge is 0.507 e. The lowest BCUT2D eigenvalue weighted by Crippen LogP contribution is -2.02. The highest BCUT2D eigenvalue weighted by Crippen LogP contribution is 2.40. The third-order valence-electron chi connectivity index (χ3n) is 4.69. The van der Waals surface area contributed by atoms with E-state index in [2.05, 4.69) is 50.7 Å². The summed E-state index contributed by atoms with van der Waals surface area (Å²) in [6.07, 6.45) is 0. The Kier molecular flexibility index (Phi) is 4.96. The normalized spacial score (nSPS) is 13.5. The molecule has 0 fully saturated rings. The highest BCUT2D eigenvalue weighted by Gasteiger charge is 2.20. The first kappa shape index (κ1) is 16.7. The molecule has 2 atom stereocenters. The summed E-state index contributed by atoms with van der Waals surface area (Å²) < 4.78 is 0. The zero-order chi connectivity index (χ0) is 17.1. The Bertz CT molecular complexity index is 745. The van der Waals surface area contributed by atoms with Gasteiger partial charge in [-0.05, 0) is 23.3 Å². The molecule has 0 bridgehead atoms. The second-order valence-corrected chi connectivity index (χ2v) is 6.75. The van der Waals surface area contributed by atoms with E-state index in [9.17, 15) is 5.11 Å². The average Bonchev–Trinajstić information content (AvgIpc) is 2.63. The Morgan fingerprint density at radius 2 is 1.08 bits per heavy atom. The number of hydrogen-bond acceptors (Lipinski definition) is 2. The molecule has 0 heterocycles. The minimum Gasteiger partial charge on any atom is -0.507 e. The van der Waals surface area contributed by atoms with Gasteiger partial charge in [0.05, 0.1) is 0 Å². The van der Waals surface area contributed by atoms with E-state index in [-0.39, 0.29) is 11.8 Å². The van der Waals surface area contributed by atoms with Crippen LogP contribution in [0.1, 0.15) is 47.9 Å². The van der Waals surface area contributed by atoms with E-state index in [1.54, 1.807) is 0 Å². The van der Waals surface area contributed by atoms with Crippen LogP contribution in [-0.4, -0.2) is 5.11 Å². The lowest BCUT2D eigenvalue weighted by Gasteiger charge is -2.21. The van der Waals surface area contributed by atoms with Gasteiger partial charge in [-0.1, -0.05) is 74.5 Å². The van der Waals surface area contributed by atoms with Crippen LogP contribution in [0.5, 0.6) is 5.75 Å². The predicted molar refractivity (Wildman–Crippen MR) is 103 cm³/mol. The van der Waals surface area contributed by atoms with Crippen molar-refractivity contribution < 1.29 is 5.11 Å². The number of hydrogen-bond donors (Lipinski definition) is 2. The first-order chi connectivity index (χ1) is 11.6. The zero-order valence-corrected chi connectivity index (χ0v) is 14.9. The molecule has 0 amide bonds. The van der Waals surface area contributed by atoms with E-state index in [1.807, 2.05) is 48.5 Å². The molecular weight excluding hydrogens is 312 g/mol. The van der Waals surface area contributed by atoms with E-state index >= 15 is 0 Å². The summed E-state index contributed by atoms with van der Waals surface area (Å²) in [4.78, 5) is 0.878. The van der Waals surface area contributed by atoms with Crippen molar-refractivity contribution in [1.29, 1.82) is 0 Å². The molecule has 2 unspecified atom stereocenters.